The SMILES string of the molecule is C[PH](C)(C)[Ni]([CH]=O)([PH](C)(C)C)[PH](C)(C)C. The van der Waals surface area contributed by atoms with E-state index in [1.165, 1.54) is 5.26 Å². The number of carbonyl (C=O) groups excluding carboxylic acids is 1. The molecule has 0 saturated heterocycles. The van der Waals surface area contributed by atoms with Crippen molar-refractivity contribution in [3.63, 3.8) is 0 Å². The molecule has 0 saturated carbocycles. The molecule has 0 bridgehead atoms. The third-order valence-electron chi connectivity index (χ3n) is 2.36. The van der Waals surface area contributed by atoms with Gasteiger partial charge in [0.1, 0.15) is 0 Å². The van der Waals surface area contributed by atoms with Crippen LogP contribution in [0.5, 0.6) is 0 Å². The zero-order valence-electron chi connectivity index (χ0n) is 11.8. The third kappa shape index (κ3) is 2.83. The van der Waals surface area contributed by atoms with E-state index in [0.717, 1.165) is 0 Å². The average molecular weight is 319 g/mol. The monoisotopic (exact) mass is 318 g/mol. The molecule has 0 aromatic heterocycles. The van der Waals surface area contributed by atoms with E-state index >= 15 is 0 Å². The third-order valence-corrected chi connectivity index (χ3v) is 64.4. The topological polar surface area (TPSA) is 17.1 Å². The van der Waals surface area contributed by atoms with Crippen LogP contribution in [0.1, 0.15) is 0 Å². The first kappa shape index (κ1) is 16.5. The minimum atomic E-state index is -1.36. The molecule has 0 rings (SSSR count). The van der Waals surface area contributed by atoms with Crippen molar-refractivity contribution in [3.05, 3.63) is 0 Å². The van der Waals surface area contributed by atoms with Crippen LogP contribution in [0.3, 0.4) is 0 Å². The summed E-state index contributed by atoms with van der Waals surface area (Å²) in [6.07, 6.45) is 0. The van der Waals surface area contributed by atoms with Gasteiger partial charge < -0.3 is 0 Å². The molecule has 0 radical (unpaired) electrons. The molecule has 0 aliphatic rings. The fraction of sp³-hybridized carbons (Fsp3) is 0.900. The van der Waals surface area contributed by atoms with Crippen LogP contribution in [0.2, 0.25) is 0 Å². The second kappa shape index (κ2) is 4.61. The van der Waals surface area contributed by atoms with Gasteiger partial charge in [-0.1, -0.05) is 0 Å². The summed E-state index contributed by atoms with van der Waals surface area (Å²) in [5.41, 5.74) is 0. The van der Waals surface area contributed by atoms with Crippen LogP contribution < -0.4 is 0 Å². The Morgan fingerprint density at radius 3 is 0.867 bits per heavy atom. The van der Waals surface area contributed by atoms with Gasteiger partial charge in [-0.15, -0.1) is 0 Å². The first-order valence-electron chi connectivity index (χ1n) is 5.39. The molecule has 0 aromatic carbocycles. The van der Waals surface area contributed by atoms with Gasteiger partial charge in [0.25, 0.3) is 0 Å². The predicted molar refractivity (Wildman–Crippen MR) is 85.0 cm³/mol. The normalized spacial score (nSPS) is 23.8. The second-order valence-corrected chi connectivity index (χ2v) is 43.6. The van der Waals surface area contributed by atoms with Crippen LogP contribution in [0, 0.1) is 0 Å². The first-order chi connectivity index (χ1) is 6.31. The van der Waals surface area contributed by atoms with Gasteiger partial charge in [-0.25, -0.2) is 0 Å². The van der Waals surface area contributed by atoms with Crippen LogP contribution in [0.25, 0.3) is 0 Å². The van der Waals surface area contributed by atoms with E-state index < -0.39 is 29.2 Å². The standard InChI is InChI=1S/3C3H9P.CHO.Ni/c3*1-4(2)3;1-2;/h3*1-3H3;1H;/q;;;;-3/p+3. The summed E-state index contributed by atoms with van der Waals surface area (Å²) in [5.74, 6) is 0. The van der Waals surface area contributed by atoms with E-state index in [9.17, 15) is 4.79 Å². The van der Waals surface area contributed by atoms with Gasteiger partial charge in [-0.05, 0) is 0 Å². The van der Waals surface area contributed by atoms with Crippen molar-refractivity contribution < 1.29 is 15.9 Å². The van der Waals surface area contributed by atoms with Crippen LogP contribution in [0.4, 0.5) is 0 Å². The van der Waals surface area contributed by atoms with E-state index in [4.69, 9.17) is 0 Å². The van der Waals surface area contributed by atoms with E-state index in [1.807, 2.05) is 0 Å². The van der Waals surface area contributed by atoms with Gasteiger partial charge in [0.2, 0.25) is 0 Å². The van der Waals surface area contributed by atoms with Gasteiger partial charge in [-0.3, -0.25) is 0 Å². The first-order valence-corrected chi connectivity index (χ1v) is 20.4. The van der Waals surface area contributed by atoms with Gasteiger partial charge >= 0.3 is 99.2 Å². The Balaban J connectivity index is 5.89. The zero-order chi connectivity index (χ0) is 12.7. The zero-order valence-corrected chi connectivity index (χ0v) is 15.8. The Morgan fingerprint density at radius 2 is 0.867 bits per heavy atom. The van der Waals surface area contributed by atoms with E-state index in [2.05, 4.69) is 60.0 Å². The molecule has 0 heterocycles. The summed E-state index contributed by atoms with van der Waals surface area (Å²) in [6, 6.07) is -4.08. The van der Waals surface area contributed by atoms with Crippen LogP contribution >= 0.6 is 18.1 Å². The van der Waals surface area contributed by atoms with Crippen molar-refractivity contribution in [2.24, 2.45) is 0 Å². The average Bonchev–Trinajstić information content (AvgIpc) is 1.76. The number of hydrogen-bond donors (Lipinski definition) is 0. The van der Waals surface area contributed by atoms with Crippen LogP contribution in [-0.2, 0) is 15.9 Å². The molecule has 0 fully saturated rings. The molecule has 0 N–H and O–H groups in total. The van der Waals surface area contributed by atoms with Crippen molar-refractivity contribution >= 4 is 23.4 Å². The Bertz CT molecular complexity index is 209. The second-order valence-electron chi connectivity index (χ2n) is 6.51. The van der Waals surface area contributed by atoms with E-state index in [1.54, 1.807) is 0 Å². The summed E-state index contributed by atoms with van der Waals surface area (Å²) in [6.45, 7) is 21.7. The molecule has 0 aromatic rings. The van der Waals surface area contributed by atoms with Crippen LogP contribution in [-0.4, -0.2) is 65.2 Å². The van der Waals surface area contributed by atoms with Gasteiger partial charge in [-0.2, -0.15) is 0 Å². The molecule has 1 nitrogen and oxygen atoms in total. The van der Waals surface area contributed by atoms with Gasteiger partial charge in [0.15, 0.2) is 0 Å². The molecule has 0 aliphatic heterocycles. The Morgan fingerprint density at radius 1 is 0.667 bits per heavy atom. The quantitative estimate of drug-likeness (QED) is 0.442. The van der Waals surface area contributed by atoms with E-state index in [0.29, 0.717) is 0 Å². The summed E-state index contributed by atoms with van der Waals surface area (Å²) in [5, 5.41) is 1.47. The van der Waals surface area contributed by atoms with Crippen molar-refractivity contribution in [2.75, 3.05) is 60.0 Å². The summed E-state index contributed by atoms with van der Waals surface area (Å²) in [4.78, 5) is 11.9. The van der Waals surface area contributed by atoms with E-state index in [-0.39, 0.29) is 0 Å². The van der Waals surface area contributed by atoms with Crippen molar-refractivity contribution in [2.45, 2.75) is 0 Å². The molecule has 0 spiro atoms. The molecule has 0 atom stereocenters. The maximum absolute atomic E-state index is 11.9. The van der Waals surface area contributed by atoms with Crippen molar-refractivity contribution in [1.29, 1.82) is 0 Å². The molecule has 0 amide bonds. The maximum atomic E-state index is 11.9. The van der Waals surface area contributed by atoms with Crippen molar-refractivity contribution in [3.8, 4) is 0 Å². The Hall–Kier alpha value is 1.45. The molecule has 15 heavy (non-hydrogen) atoms. The summed E-state index contributed by atoms with van der Waals surface area (Å²) < 4.78 is 0. The summed E-state index contributed by atoms with van der Waals surface area (Å²) >= 11 is -1.08. The van der Waals surface area contributed by atoms with Crippen LogP contribution in [0.15, 0.2) is 0 Å². The van der Waals surface area contributed by atoms with Gasteiger partial charge in [0, 0.05) is 0 Å². The van der Waals surface area contributed by atoms with Gasteiger partial charge in [0.05, 0.1) is 0 Å². The Kier molecular flexibility index (Phi) is 5.06. The Labute approximate surface area is 99.2 Å². The minimum absolute atomic E-state index is 1.08. The summed E-state index contributed by atoms with van der Waals surface area (Å²) in [7, 11) is 0. The van der Waals surface area contributed by atoms with Crippen molar-refractivity contribution in [1.82, 2.24) is 0 Å². The molecule has 5 heteroatoms. The molecule has 102 valence electrons. The number of rotatable bonds is 4. The number of carbonyl (C=O) groups is 1. The predicted octanol–water partition coefficient (Wildman–Crippen LogP) is 2.99. The fourth-order valence-electron chi connectivity index (χ4n) is 2.47. The molecule has 0 aliphatic carbocycles. The number of hydrogen-bond acceptors (Lipinski definition) is 1. The fourth-order valence-corrected chi connectivity index (χ4v) is 83.4. The molecule has 0 unspecified atom stereocenters. The molecular weight excluding hydrogens is 288 g/mol. The molecular formula is C10H31NiOP3.